The Hall–Kier alpha value is -2.76. The molecule has 1 aliphatic carbocycles. The van der Waals surface area contributed by atoms with Crippen LogP contribution in [0.2, 0.25) is 0 Å². The Labute approximate surface area is 146 Å². The van der Waals surface area contributed by atoms with Crippen LogP contribution in [0.3, 0.4) is 0 Å². The number of rotatable bonds is 4. The lowest BCUT2D eigenvalue weighted by atomic mass is 9.93. The Bertz CT molecular complexity index is 854. The van der Waals surface area contributed by atoms with Crippen LogP contribution in [0.5, 0.6) is 0 Å². The molecule has 3 aromatic heterocycles. The average molecular weight is 335 g/mol. The molecule has 0 unspecified atom stereocenters. The standard InChI is InChI=1S/C19H21N5O/c25-19(15-9-11-23-14-21-22-18(23)12-15)24(17-7-2-1-3-8-17)13-16-6-4-5-10-20-16/h4-6,9-12,14,17H,1-3,7-8,13H2. The van der Waals surface area contributed by atoms with Gasteiger partial charge in [0, 0.05) is 24.0 Å². The summed E-state index contributed by atoms with van der Waals surface area (Å²) in [5, 5.41) is 7.93. The van der Waals surface area contributed by atoms with Crippen LogP contribution >= 0.6 is 0 Å². The van der Waals surface area contributed by atoms with Gasteiger partial charge in [-0.05, 0) is 37.1 Å². The SMILES string of the molecule is O=C(c1ccn2cnnc2c1)N(Cc1ccccn1)C1CCCCC1. The lowest BCUT2D eigenvalue weighted by molar-refractivity contribution is 0.0611. The fraction of sp³-hybridized carbons (Fsp3) is 0.368. The maximum atomic E-state index is 13.3. The van der Waals surface area contributed by atoms with Crippen LogP contribution in [0.4, 0.5) is 0 Å². The normalized spacial score (nSPS) is 15.4. The second kappa shape index (κ2) is 7.01. The predicted molar refractivity (Wildman–Crippen MR) is 94.0 cm³/mol. The third kappa shape index (κ3) is 3.38. The van der Waals surface area contributed by atoms with Gasteiger partial charge in [0.25, 0.3) is 5.91 Å². The molecule has 0 saturated heterocycles. The smallest absolute Gasteiger partial charge is 0.254 e. The van der Waals surface area contributed by atoms with Crippen molar-refractivity contribution in [3.63, 3.8) is 0 Å². The molecule has 0 bridgehead atoms. The van der Waals surface area contributed by atoms with E-state index in [2.05, 4.69) is 15.2 Å². The van der Waals surface area contributed by atoms with Gasteiger partial charge >= 0.3 is 0 Å². The van der Waals surface area contributed by atoms with Crippen LogP contribution in [-0.4, -0.2) is 36.4 Å². The summed E-state index contributed by atoms with van der Waals surface area (Å²) in [5.41, 5.74) is 2.26. The molecular weight excluding hydrogens is 314 g/mol. The van der Waals surface area contributed by atoms with Gasteiger partial charge in [-0.2, -0.15) is 0 Å². The molecule has 1 fully saturated rings. The van der Waals surface area contributed by atoms with Gasteiger partial charge in [0.15, 0.2) is 5.65 Å². The molecule has 25 heavy (non-hydrogen) atoms. The number of carbonyl (C=O) groups excluding carboxylic acids is 1. The fourth-order valence-electron chi connectivity index (χ4n) is 3.54. The molecule has 0 aliphatic heterocycles. The highest BCUT2D eigenvalue weighted by atomic mass is 16.2. The van der Waals surface area contributed by atoms with Crippen molar-refractivity contribution in [3.8, 4) is 0 Å². The molecule has 0 atom stereocenters. The molecule has 0 N–H and O–H groups in total. The second-order valence-corrected chi connectivity index (χ2v) is 6.56. The molecule has 0 aromatic carbocycles. The largest absolute Gasteiger partial charge is 0.330 e. The maximum absolute atomic E-state index is 13.3. The van der Waals surface area contributed by atoms with Crippen LogP contribution in [0.1, 0.15) is 48.2 Å². The Kier molecular flexibility index (Phi) is 4.41. The van der Waals surface area contributed by atoms with E-state index in [0.717, 1.165) is 18.5 Å². The molecule has 1 saturated carbocycles. The Morgan fingerprint density at radius 1 is 1.20 bits per heavy atom. The minimum absolute atomic E-state index is 0.0445. The number of carbonyl (C=O) groups is 1. The van der Waals surface area contributed by atoms with E-state index in [4.69, 9.17) is 0 Å². The van der Waals surface area contributed by atoms with Crippen molar-refractivity contribution in [2.75, 3.05) is 0 Å². The Balaban J connectivity index is 1.64. The molecule has 128 valence electrons. The van der Waals surface area contributed by atoms with E-state index in [-0.39, 0.29) is 11.9 Å². The van der Waals surface area contributed by atoms with Gasteiger partial charge in [-0.15, -0.1) is 10.2 Å². The van der Waals surface area contributed by atoms with Crippen LogP contribution < -0.4 is 0 Å². The number of hydrogen-bond donors (Lipinski definition) is 0. The Morgan fingerprint density at radius 2 is 2.08 bits per heavy atom. The summed E-state index contributed by atoms with van der Waals surface area (Å²) in [6.07, 6.45) is 11.0. The van der Waals surface area contributed by atoms with Crippen LogP contribution in [-0.2, 0) is 6.54 Å². The number of pyridine rings is 2. The van der Waals surface area contributed by atoms with E-state index in [0.29, 0.717) is 17.8 Å². The van der Waals surface area contributed by atoms with Crippen LogP contribution in [0, 0.1) is 0 Å². The van der Waals surface area contributed by atoms with Crippen LogP contribution in [0.25, 0.3) is 5.65 Å². The first kappa shape index (κ1) is 15.7. The van der Waals surface area contributed by atoms with Gasteiger partial charge in [0.2, 0.25) is 0 Å². The third-order valence-corrected chi connectivity index (χ3v) is 4.88. The van der Waals surface area contributed by atoms with Crippen molar-refractivity contribution in [1.29, 1.82) is 0 Å². The fourth-order valence-corrected chi connectivity index (χ4v) is 3.54. The first-order valence-electron chi connectivity index (χ1n) is 8.81. The van der Waals surface area contributed by atoms with E-state index in [1.807, 2.05) is 41.4 Å². The molecule has 6 nitrogen and oxygen atoms in total. The summed E-state index contributed by atoms with van der Waals surface area (Å²) in [6.45, 7) is 0.544. The van der Waals surface area contributed by atoms with Gasteiger partial charge in [-0.1, -0.05) is 25.3 Å². The molecule has 6 heteroatoms. The number of nitrogens with zero attached hydrogens (tertiary/aromatic N) is 5. The van der Waals surface area contributed by atoms with Gasteiger partial charge in [0.1, 0.15) is 6.33 Å². The minimum Gasteiger partial charge on any atom is -0.330 e. The molecule has 0 spiro atoms. The molecule has 3 aromatic rings. The third-order valence-electron chi connectivity index (χ3n) is 4.88. The molecular formula is C19H21N5O. The quantitative estimate of drug-likeness (QED) is 0.735. The topological polar surface area (TPSA) is 63.4 Å². The summed E-state index contributed by atoms with van der Waals surface area (Å²) in [6, 6.07) is 9.77. The van der Waals surface area contributed by atoms with Gasteiger partial charge < -0.3 is 4.90 Å². The number of amides is 1. The summed E-state index contributed by atoms with van der Waals surface area (Å²) < 4.78 is 1.81. The summed E-state index contributed by atoms with van der Waals surface area (Å²) >= 11 is 0. The molecule has 0 radical (unpaired) electrons. The van der Waals surface area contributed by atoms with Crippen molar-refractivity contribution in [2.24, 2.45) is 0 Å². The molecule has 4 rings (SSSR count). The summed E-state index contributed by atoms with van der Waals surface area (Å²) in [4.78, 5) is 19.7. The average Bonchev–Trinajstić information content (AvgIpc) is 3.15. The van der Waals surface area contributed by atoms with E-state index in [1.54, 1.807) is 16.9 Å². The van der Waals surface area contributed by atoms with E-state index in [9.17, 15) is 4.79 Å². The van der Waals surface area contributed by atoms with Crippen molar-refractivity contribution in [3.05, 3.63) is 60.3 Å². The number of hydrogen-bond acceptors (Lipinski definition) is 4. The highest BCUT2D eigenvalue weighted by Crippen LogP contribution is 2.25. The monoisotopic (exact) mass is 335 g/mol. The number of aromatic nitrogens is 4. The van der Waals surface area contributed by atoms with Gasteiger partial charge in [0.05, 0.1) is 12.2 Å². The summed E-state index contributed by atoms with van der Waals surface area (Å²) in [7, 11) is 0. The van der Waals surface area contributed by atoms with E-state index < -0.39 is 0 Å². The van der Waals surface area contributed by atoms with E-state index in [1.165, 1.54) is 19.3 Å². The minimum atomic E-state index is 0.0445. The predicted octanol–water partition coefficient (Wildman–Crippen LogP) is 3.10. The molecule has 1 aliphatic rings. The van der Waals surface area contributed by atoms with Crippen molar-refractivity contribution < 1.29 is 4.79 Å². The van der Waals surface area contributed by atoms with E-state index >= 15 is 0 Å². The van der Waals surface area contributed by atoms with Crippen molar-refractivity contribution in [1.82, 2.24) is 24.5 Å². The number of fused-ring (bicyclic) bond motifs is 1. The van der Waals surface area contributed by atoms with Crippen molar-refractivity contribution in [2.45, 2.75) is 44.7 Å². The molecule has 1 amide bonds. The zero-order chi connectivity index (χ0) is 17.1. The lowest BCUT2D eigenvalue weighted by Crippen LogP contribution is -2.41. The lowest BCUT2D eigenvalue weighted by Gasteiger charge is -2.34. The van der Waals surface area contributed by atoms with Gasteiger partial charge in [-0.3, -0.25) is 14.2 Å². The maximum Gasteiger partial charge on any atom is 0.254 e. The zero-order valence-corrected chi connectivity index (χ0v) is 14.1. The Morgan fingerprint density at radius 3 is 2.88 bits per heavy atom. The van der Waals surface area contributed by atoms with Gasteiger partial charge in [-0.25, -0.2) is 0 Å². The zero-order valence-electron chi connectivity index (χ0n) is 14.1. The second-order valence-electron chi connectivity index (χ2n) is 6.56. The highest BCUT2D eigenvalue weighted by Gasteiger charge is 2.27. The highest BCUT2D eigenvalue weighted by molar-refractivity contribution is 5.95. The molecule has 3 heterocycles. The van der Waals surface area contributed by atoms with Crippen LogP contribution in [0.15, 0.2) is 49.1 Å². The first-order valence-corrected chi connectivity index (χ1v) is 8.81. The first-order chi connectivity index (χ1) is 12.3. The van der Waals surface area contributed by atoms with Crippen molar-refractivity contribution >= 4 is 11.6 Å². The summed E-state index contributed by atoms with van der Waals surface area (Å²) in [5.74, 6) is 0.0445.